The van der Waals surface area contributed by atoms with Crippen LogP contribution >= 0.6 is 0 Å². The number of rotatable bonds is 2. The SMILES string of the molecule is CN(C)c1n(CC#N)cc[n+]1C. The average Bonchev–Trinajstić information content (AvgIpc) is 2.32. The van der Waals surface area contributed by atoms with Gasteiger partial charge in [-0.25, -0.2) is 9.13 Å². The lowest BCUT2D eigenvalue weighted by molar-refractivity contribution is -0.657. The van der Waals surface area contributed by atoms with Crippen LogP contribution in [0.5, 0.6) is 0 Å². The predicted molar refractivity (Wildman–Crippen MR) is 45.5 cm³/mol. The highest BCUT2D eigenvalue weighted by atomic mass is 15.3. The Hall–Kier alpha value is -1.50. The Bertz CT molecular complexity index is 305. The number of hydrogen-bond acceptors (Lipinski definition) is 2. The molecule has 1 aromatic rings. The minimum Gasteiger partial charge on any atom is -0.270 e. The highest BCUT2D eigenvalue weighted by Gasteiger charge is 2.14. The van der Waals surface area contributed by atoms with E-state index in [1.165, 1.54) is 0 Å². The van der Waals surface area contributed by atoms with E-state index in [1.807, 2.05) is 47.6 Å². The molecule has 12 heavy (non-hydrogen) atoms. The van der Waals surface area contributed by atoms with Crippen LogP contribution in [0.2, 0.25) is 0 Å². The molecule has 64 valence electrons. The number of hydrogen-bond donors (Lipinski definition) is 0. The molecular formula is C8H13N4+. The van der Waals surface area contributed by atoms with Crippen molar-refractivity contribution >= 4 is 5.95 Å². The first-order chi connectivity index (χ1) is 5.66. The first-order valence-corrected chi connectivity index (χ1v) is 3.76. The average molecular weight is 165 g/mol. The first-order valence-electron chi connectivity index (χ1n) is 3.76. The number of aromatic nitrogens is 2. The molecule has 0 bridgehead atoms. The van der Waals surface area contributed by atoms with Gasteiger partial charge in [0.15, 0.2) is 6.54 Å². The molecule has 0 N–H and O–H groups in total. The number of nitrogens with zero attached hydrogens (tertiary/aromatic N) is 4. The first kappa shape index (κ1) is 8.60. The standard InChI is InChI=1S/C8H13N4/c1-10(2)8-11(3)6-7-12(8)5-4-9/h6-7H,5H2,1-3H3/q+1. The molecule has 1 rings (SSSR count). The second kappa shape index (κ2) is 3.26. The summed E-state index contributed by atoms with van der Waals surface area (Å²) in [5.41, 5.74) is 0. The molecule has 0 aliphatic carbocycles. The molecule has 0 saturated carbocycles. The minimum absolute atomic E-state index is 0.397. The second-order valence-corrected chi connectivity index (χ2v) is 2.89. The quantitative estimate of drug-likeness (QED) is 0.574. The zero-order valence-corrected chi connectivity index (χ0v) is 7.65. The van der Waals surface area contributed by atoms with E-state index in [0.717, 1.165) is 5.95 Å². The highest BCUT2D eigenvalue weighted by molar-refractivity contribution is 5.21. The highest BCUT2D eigenvalue weighted by Crippen LogP contribution is 2.03. The van der Waals surface area contributed by atoms with Crippen molar-refractivity contribution in [1.29, 1.82) is 5.26 Å². The van der Waals surface area contributed by atoms with Gasteiger partial charge >= 0.3 is 5.95 Å². The summed E-state index contributed by atoms with van der Waals surface area (Å²) >= 11 is 0. The van der Waals surface area contributed by atoms with E-state index in [1.54, 1.807) is 0 Å². The summed E-state index contributed by atoms with van der Waals surface area (Å²) < 4.78 is 3.89. The van der Waals surface area contributed by atoms with E-state index in [-0.39, 0.29) is 0 Å². The van der Waals surface area contributed by atoms with Crippen LogP contribution in [-0.2, 0) is 13.6 Å². The Morgan fingerprint density at radius 1 is 1.67 bits per heavy atom. The molecule has 4 heteroatoms. The summed E-state index contributed by atoms with van der Waals surface area (Å²) in [5.74, 6) is 1.02. The number of anilines is 1. The molecule has 0 radical (unpaired) electrons. The fourth-order valence-corrected chi connectivity index (χ4v) is 1.29. The van der Waals surface area contributed by atoms with Crippen molar-refractivity contribution in [2.45, 2.75) is 6.54 Å². The lowest BCUT2D eigenvalue weighted by Gasteiger charge is -2.06. The fraction of sp³-hybridized carbons (Fsp3) is 0.500. The molecule has 0 aromatic carbocycles. The van der Waals surface area contributed by atoms with Gasteiger partial charge in [-0.2, -0.15) is 5.26 Å². The van der Waals surface area contributed by atoms with Crippen LogP contribution in [0.4, 0.5) is 5.95 Å². The molecule has 0 aliphatic heterocycles. The molecule has 1 heterocycles. The second-order valence-electron chi connectivity index (χ2n) is 2.89. The molecule has 0 amide bonds. The predicted octanol–water partition coefficient (Wildman–Crippen LogP) is -0.0978. The lowest BCUT2D eigenvalue weighted by Crippen LogP contribution is -2.34. The molecule has 4 nitrogen and oxygen atoms in total. The van der Waals surface area contributed by atoms with Crippen molar-refractivity contribution in [3.05, 3.63) is 12.4 Å². The Balaban J connectivity index is 3.05. The molecule has 1 aromatic heterocycles. The third kappa shape index (κ3) is 1.40. The number of nitriles is 1. The topological polar surface area (TPSA) is 35.8 Å². The monoisotopic (exact) mass is 165 g/mol. The number of aryl methyl sites for hydroxylation is 1. The van der Waals surface area contributed by atoms with E-state index >= 15 is 0 Å². The van der Waals surface area contributed by atoms with Gasteiger partial charge in [-0.15, -0.1) is 0 Å². The summed E-state index contributed by atoms with van der Waals surface area (Å²) in [6, 6.07) is 2.12. The van der Waals surface area contributed by atoms with Crippen molar-refractivity contribution in [2.24, 2.45) is 7.05 Å². The van der Waals surface area contributed by atoms with Gasteiger partial charge in [0.1, 0.15) is 6.07 Å². The summed E-state index contributed by atoms with van der Waals surface area (Å²) in [7, 11) is 5.88. The molecular weight excluding hydrogens is 152 g/mol. The zero-order valence-electron chi connectivity index (χ0n) is 7.65. The number of imidazole rings is 1. The van der Waals surface area contributed by atoms with Crippen LogP contribution in [-0.4, -0.2) is 18.7 Å². The van der Waals surface area contributed by atoms with Gasteiger partial charge < -0.3 is 0 Å². The molecule has 0 spiro atoms. The molecule has 0 saturated heterocycles. The Morgan fingerprint density at radius 2 is 2.33 bits per heavy atom. The van der Waals surface area contributed by atoms with Crippen LogP contribution < -0.4 is 9.47 Å². The van der Waals surface area contributed by atoms with Gasteiger partial charge in [0.25, 0.3) is 0 Å². The van der Waals surface area contributed by atoms with Crippen molar-refractivity contribution in [3.8, 4) is 6.07 Å². The maximum atomic E-state index is 8.54. The van der Waals surface area contributed by atoms with Gasteiger partial charge in [-0.3, -0.25) is 4.90 Å². The van der Waals surface area contributed by atoms with Crippen LogP contribution in [0.15, 0.2) is 12.4 Å². The van der Waals surface area contributed by atoms with E-state index in [2.05, 4.69) is 6.07 Å². The normalized spacial score (nSPS) is 9.50. The van der Waals surface area contributed by atoms with E-state index in [4.69, 9.17) is 5.26 Å². The Kier molecular flexibility index (Phi) is 2.34. The van der Waals surface area contributed by atoms with E-state index < -0.39 is 0 Å². The smallest absolute Gasteiger partial charge is 0.270 e. The van der Waals surface area contributed by atoms with Crippen molar-refractivity contribution in [2.75, 3.05) is 19.0 Å². The van der Waals surface area contributed by atoms with E-state index in [0.29, 0.717) is 6.54 Å². The van der Waals surface area contributed by atoms with Crippen molar-refractivity contribution in [1.82, 2.24) is 4.57 Å². The summed E-state index contributed by atoms with van der Waals surface area (Å²) in [6.07, 6.45) is 3.84. The van der Waals surface area contributed by atoms with Crippen LogP contribution in [0.1, 0.15) is 0 Å². The fourth-order valence-electron chi connectivity index (χ4n) is 1.29. The summed E-state index contributed by atoms with van der Waals surface area (Å²) in [5, 5.41) is 8.54. The maximum Gasteiger partial charge on any atom is 0.359 e. The lowest BCUT2D eigenvalue weighted by atomic mass is 10.6. The van der Waals surface area contributed by atoms with Crippen LogP contribution in [0.3, 0.4) is 0 Å². The minimum atomic E-state index is 0.397. The Labute approximate surface area is 72.3 Å². The molecule has 0 aliphatic rings. The van der Waals surface area contributed by atoms with E-state index in [9.17, 15) is 0 Å². The van der Waals surface area contributed by atoms with Crippen LogP contribution in [0, 0.1) is 11.3 Å². The van der Waals surface area contributed by atoms with Crippen LogP contribution in [0.25, 0.3) is 0 Å². The van der Waals surface area contributed by atoms with Gasteiger partial charge in [0.05, 0.1) is 33.5 Å². The Morgan fingerprint density at radius 3 is 2.83 bits per heavy atom. The molecule has 0 unspecified atom stereocenters. The summed E-state index contributed by atoms with van der Waals surface area (Å²) in [4.78, 5) is 1.98. The zero-order chi connectivity index (χ0) is 9.14. The van der Waals surface area contributed by atoms with Gasteiger partial charge in [0.2, 0.25) is 0 Å². The van der Waals surface area contributed by atoms with Crippen molar-refractivity contribution < 1.29 is 4.57 Å². The van der Waals surface area contributed by atoms with Gasteiger partial charge in [0, 0.05) is 0 Å². The maximum absolute atomic E-state index is 8.54. The molecule has 0 atom stereocenters. The van der Waals surface area contributed by atoms with Gasteiger partial charge in [-0.1, -0.05) is 0 Å². The third-order valence-electron chi connectivity index (χ3n) is 1.68. The molecule has 0 fully saturated rings. The van der Waals surface area contributed by atoms with Crippen molar-refractivity contribution in [3.63, 3.8) is 0 Å². The summed E-state index contributed by atoms with van der Waals surface area (Å²) in [6.45, 7) is 0.397. The largest absolute Gasteiger partial charge is 0.359 e. The third-order valence-corrected chi connectivity index (χ3v) is 1.68. The van der Waals surface area contributed by atoms with Gasteiger partial charge in [-0.05, 0) is 0 Å².